The summed E-state index contributed by atoms with van der Waals surface area (Å²) in [6.45, 7) is 6.01. The quantitative estimate of drug-likeness (QED) is 0.608. The summed E-state index contributed by atoms with van der Waals surface area (Å²) in [6.07, 6.45) is 5.58. The van der Waals surface area contributed by atoms with Crippen molar-refractivity contribution < 1.29 is 4.79 Å². The number of nitrogens with one attached hydrogen (secondary N) is 2. The molecular formula is C25H31N5O. The fourth-order valence-electron chi connectivity index (χ4n) is 4.12. The number of hydrogen-bond donors (Lipinski definition) is 2. The van der Waals surface area contributed by atoms with Crippen molar-refractivity contribution >= 4 is 6.03 Å². The van der Waals surface area contributed by atoms with Crippen LogP contribution >= 0.6 is 0 Å². The predicted molar refractivity (Wildman–Crippen MR) is 122 cm³/mol. The Bertz CT molecular complexity index is 932. The van der Waals surface area contributed by atoms with Crippen LogP contribution in [0, 0.1) is 6.92 Å². The number of hydrogen-bond acceptors (Lipinski definition) is 3. The molecule has 0 atom stereocenters. The van der Waals surface area contributed by atoms with Crippen LogP contribution in [-0.4, -0.2) is 44.9 Å². The first-order valence-electron chi connectivity index (χ1n) is 11.0. The molecule has 31 heavy (non-hydrogen) atoms. The van der Waals surface area contributed by atoms with Crippen LogP contribution in [0.2, 0.25) is 0 Å². The maximum absolute atomic E-state index is 13.2. The molecule has 1 aromatic heterocycles. The third kappa shape index (κ3) is 5.95. The van der Waals surface area contributed by atoms with E-state index in [-0.39, 0.29) is 12.1 Å². The van der Waals surface area contributed by atoms with Crippen LogP contribution in [0.3, 0.4) is 0 Å². The second-order valence-corrected chi connectivity index (χ2v) is 8.30. The van der Waals surface area contributed by atoms with Gasteiger partial charge in [-0.1, -0.05) is 60.2 Å². The molecule has 6 heteroatoms. The number of amides is 2. The Morgan fingerprint density at radius 2 is 1.84 bits per heavy atom. The van der Waals surface area contributed by atoms with Gasteiger partial charge in [-0.2, -0.15) is 0 Å². The Morgan fingerprint density at radius 1 is 1.10 bits per heavy atom. The number of benzene rings is 2. The number of H-pyrrole nitrogens is 1. The maximum atomic E-state index is 13.2. The summed E-state index contributed by atoms with van der Waals surface area (Å²) in [7, 11) is 0. The fraction of sp³-hybridized carbons (Fsp3) is 0.360. The Morgan fingerprint density at radius 3 is 2.52 bits per heavy atom. The summed E-state index contributed by atoms with van der Waals surface area (Å²) in [5, 5.41) is 3.13. The van der Waals surface area contributed by atoms with Crippen LogP contribution in [0.5, 0.6) is 0 Å². The highest BCUT2D eigenvalue weighted by atomic mass is 16.2. The molecule has 0 aliphatic carbocycles. The topological polar surface area (TPSA) is 64.3 Å². The van der Waals surface area contributed by atoms with E-state index in [1.54, 1.807) is 6.20 Å². The number of carbonyl (C=O) groups excluding carboxylic acids is 1. The smallest absolute Gasteiger partial charge is 0.318 e. The molecule has 3 aromatic rings. The van der Waals surface area contributed by atoms with Gasteiger partial charge in [-0.05, 0) is 30.9 Å². The molecule has 0 radical (unpaired) electrons. The fourth-order valence-corrected chi connectivity index (χ4v) is 4.12. The van der Waals surface area contributed by atoms with Crippen LogP contribution < -0.4 is 5.32 Å². The van der Waals surface area contributed by atoms with Gasteiger partial charge in [0.15, 0.2) is 0 Å². The molecule has 1 saturated heterocycles. The van der Waals surface area contributed by atoms with E-state index in [0.717, 1.165) is 43.9 Å². The molecule has 0 spiro atoms. The molecule has 2 N–H and O–H groups in total. The minimum atomic E-state index is 0.00825. The highest BCUT2D eigenvalue weighted by Crippen LogP contribution is 2.21. The monoisotopic (exact) mass is 417 g/mol. The summed E-state index contributed by atoms with van der Waals surface area (Å²) in [6, 6.07) is 18.8. The average Bonchev–Trinajstić information content (AvgIpc) is 3.31. The van der Waals surface area contributed by atoms with Crippen molar-refractivity contribution in [1.82, 2.24) is 25.1 Å². The van der Waals surface area contributed by atoms with E-state index >= 15 is 0 Å². The lowest BCUT2D eigenvalue weighted by atomic mass is 10.0. The lowest BCUT2D eigenvalue weighted by molar-refractivity contribution is 0.112. The van der Waals surface area contributed by atoms with Crippen LogP contribution in [-0.2, 0) is 19.6 Å². The number of urea groups is 1. The van der Waals surface area contributed by atoms with Crippen molar-refractivity contribution in [3.63, 3.8) is 0 Å². The van der Waals surface area contributed by atoms with Crippen molar-refractivity contribution in [2.45, 2.75) is 45.4 Å². The van der Waals surface area contributed by atoms with Gasteiger partial charge in [0.1, 0.15) is 5.82 Å². The van der Waals surface area contributed by atoms with E-state index in [4.69, 9.17) is 0 Å². The summed E-state index contributed by atoms with van der Waals surface area (Å²) in [4.78, 5) is 25.2. The number of aromatic amines is 1. The first-order valence-corrected chi connectivity index (χ1v) is 11.0. The van der Waals surface area contributed by atoms with Crippen molar-refractivity contribution in [2.24, 2.45) is 0 Å². The van der Waals surface area contributed by atoms with Gasteiger partial charge in [0, 0.05) is 44.6 Å². The number of rotatable bonds is 7. The van der Waals surface area contributed by atoms with Gasteiger partial charge in [-0.15, -0.1) is 0 Å². The minimum Gasteiger partial charge on any atom is -0.348 e. The molecule has 1 aliphatic heterocycles. The van der Waals surface area contributed by atoms with E-state index in [9.17, 15) is 4.79 Å². The molecule has 2 aromatic carbocycles. The average molecular weight is 418 g/mol. The van der Waals surface area contributed by atoms with E-state index in [1.165, 1.54) is 11.1 Å². The van der Waals surface area contributed by atoms with Crippen molar-refractivity contribution in [3.05, 3.63) is 89.5 Å². The lowest BCUT2D eigenvalue weighted by Crippen LogP contribution is -2.50. The summed E-state index contributed by atoms with van der Waals surface area (Å²) in [5.74, 6) is 0.996. The van der Waals surface area contributed by atoms with Gasteiger partial charge in [0.25, 0.3) is 0 Å². The molecule has 4 rings (SSSR count). The molecule has 6 nitrogen and oxygen atoms in total. The SMILES string of the molecule is Cc1ccc(CN(C(=O)NCc2ccccc2)C2CCN(Cc3ncc[nH]3)CC2)cc1. The molecule has 162 valence electrons. The zero-order valence-electron chi connectivity index (χ0n) is 18.1. The van der Waals surface area contributed by atoms with Crippen molar-refractivity contribution in [3.8, 4) is 0 Å². The van der Waals surface area contributed by atoms with E-state index in [1.807, 2.05) is 41.4 Å². The van der Waals surface area contributed by atoms with Crippen LogP contribution in [0.15, 0.2) is 67.0 Å². The minimum absolute atomic E-state index is 0.00825. The molecule has 0 unspecified atom stereocenters. The zero-order chi connectivity index (χ0) is 21.5. The van der Waals surface area contributed by atoms with Crippen LogP contribution in [0.4, 0.5) is 4.79 Å². The Labute approximate surface area is 184 Å². The molecule has 0 saturated carbocycles. The largest absolute Gasteiger partial charge is 0.348 e. The lowest BCUT2D eigenvalue weighted by Gasteiger charge is -2.38. The third-order valence-electron chi connectivity index (χ3n) is 5.95. The van der Waals surface area contributed by atoms with Crippen LogP contribution in [0.25, 0.3) is 0 Å². The number of likely N-dealkylation sites (tertiary alicyclic amines) is 1. The highest BCUT2D eigenvalue weighted by molar-refractivity contribution is 5.74. The Kier molecular flexibility index (Phi) is 6.99. The second-order valence-electron chi connectivity index (χ2n) is 8.30. The predicted octanol–water partition coefficient (Wildman–Crippen LogP) is 4.09. The summed E-state index contributed by atoms with van der Waals surface area (Å²) >= 11 is 0. The van der Waals surface area contributed by atoms with Crippen molar-refractivity contribution in [2.75, 3.05) is 13.1 Å². The van der Waals surface area contributed by atoms with Gasteiger partial charge < -0.3 is 15.2 Å². The number of imidazole rings is 1. The molecule has 0 bridgehead atoms. The van der Waals surface area contributed by atoms with E-state index < -0.39 is 0 Å². The number of aryl methyl sites for hydroxylation is 1. The van der Waals surface area contributed by atoms with Gasteiger partial charge in [-0.3, -0.25) is 4.90 Å². The number of piperidine rings is 1. The van der Waals surface area contributed by atoms with Crippen molar-refractivity contribution in [1.29, 1.82) is 0 Å². The normalized spacial score (nSPS) is 15.0. The van der Waals surface area contributed by atoms with Gasteiger partial charge in [0.05, 0.1) is 6.54 Å². The van der Waals surface area contributed by atoms with Crippen LogP contribution in [0.1, 0.15) is 35.4 Å². The summed E-state index contributed by atoms with van der Waals surface area (Å²) < 4.78 is 0. The molecule has 2 amide bonds. The van der Waals surface area contributed by atoms with Gasteiger partial charge in [0.2, 0.25) is 0 Å². The number of aromatic nitrogens is 2. The highest BCUT2D eigenvalue weighted by Gasteiger charge is 2.28. The third-order valence-corrected chi connectivity index (χ3v) is 5.95. The van der Waals surface area contributed by atoms with Gasteiger partial charge >= 0.3 is 6.03 Å². The van der Waals surface area contributed by atoms with E-state index in [0.29, 0.717) is 13.1 Å². The Hall–Kier alpha value is -3.12. The molecule has 1 fully saturated rings. The number of nitrogens with zero attached hydrogens (tertiary/aromatic N) is 3. The molecule has 1 aliphatic rings. The first kappa shape index (κ1) is 21.1. The number of carbonyl (C=O) groups is 1. The van der Waals surface area contributed by atoms with Gasteiger partial charge in [-0.25, -0.2) is 9.78 Å². The zero-order valence-corrected chi connectivity index (χ0v) is 18.1. The Balaban J connectivity index is 1.40. The maximum Gasteiger partial charge on any atom is 0.318 e. The first-order chi connectivity index (χ1) is 15.2. The summed E-state index contributed by atoms with van der Waals surface area (Å²) in [5.41, 5.74) is 3.51. The van der Waals surface area contributed by atoms with E-state index in [2.05, 4.69) is 51.4 Å². The molecular weight excluding hydrogens is 386 g/mol. The second kappa shape index (κ2) is 10.3. The standard InChI is InChI=1S/C25H31N5O/c1-20-7-9-22(10-8-20)18-30(25(31)28-17-21-5-3-2-4-6-21)23-11-15-29(16-12-23)19-24-26-13-14-27-24/h2-10,13-14,23H,11-12,15-19H2,1H3,(H,26,27)(H,28,31). The molecule has 2 heterocycles.